The van der Waals surface area contributed by atoms with Gasteiger partial charge in [-0.15, -0.1) is 0 Å². The molecular weight excluding hydrogens is 761 g/mol. The fourth-order valence-corrected chi connectivity index (χ4v) is 7.46. The first-order valence-corrected chi connectivity index (χ1v) is 23.4. The molecule has 4 aromatic rings. The first-order chi connectivity index (χ1) is 29.8. The van der Waals surface area contributed by atoms with E-state index in [1.807, 2.05) is 42.5 Å². The molecule has 332 valence electrons. The number of benzene rings is 4. The molecule has 0 fully saturated rings. The van der Waals surface area contributed by atoms with Gasteiger partial charge >= 0.3 is 5.97 Å². The second kappa shape index (κ2) is 32.0. The van der Waals surface area contributed by atoms with Gasteiger partial charge in [0, 0.05) is 23.1 Å². The lowest BCUT2D eigenvalue weighted by Gasteiger charge is -2.21. The summed E-state index contributed by atoms with van der Waals surface area (Å²) in [7, 11) is 0. The van der Waals surface area contributed by atoms with Gasteiger partial charge in [0.2, 0.25) is 0 Å². The summed E-state index contributed by atoms with van der Waals surface area (Å²) in [6, 6.07) is 31.7. The number of aromatic hydroxyl groups is 1. The van der Waals surface area contributed by atoms with Gasteiger partial charge in [0.1, 0.15) is 17.2 Å². The van der Waals surface area contributed by atoms with Gasteiger partial charge in [0.25, 0.3) is 0 Å². The molecule has 0 heterocycles. The van der Waals surface area contributed by atoms with E-state index in [2.05, 4.69) is 13.8 Å². The van der Waals surface area contributed by atoms with E-state index in [0.717, 1.165) is 25.7 Å². The lowest BCUT2D eigenvalue weighted by atomic mass is 9.86. The minimum atomic E-state index is -1.06. The molecule has 0 aliphatic heterocycles. The summed E-state index contributed by atoms with van der Waals surface area (Å²) in [5.41, 5.74) is 1.44. The number of aliphatic hydroxyl groups is 1. The van der Waals surface area contributed by atoms with Crippen LogP contribution >= 0.6 is 0 Å². The largest absolute Gasteiger partial charge is 0.507 e. The molecule has 0 saturated heterocycles. The third-order valence-corrected chi connectivity index (χ3v) is 11.1. The van der Waals surface area contributed by atoms with Crippen molar-refractivity contribution in [3.8, 4) is 17.2 Å². The van der Waals surface area contributed by atoms with Gasteiger partial charge in [-0.3, -0.25) is 14.4 Å². The quantitative estimate of drug-likeness (QED) is 0.0225. The number of Topliss-reactive ketones (excluding diaryl/α,β-unsaturated/α-hetero) is 1. The van der Waals surface area contributed by atoms with Crippen LogP contribution in [-0.2, 0) is 4.79 Å². The highest BCUT2D eigenvalue weighted by atomic mass is 16.5. The topological polar surface area (TPSA) is 110 Å². The van der Waals surface area contributed by atoms with Gasteiger partial charge in [-0.2, -0.15) is 0 Å². The van der Waals surface area contributed by atoms with Gasteiger partial charge in [-0.05, 0) is 37.1 Å². The molecule has 4 aromatic carbocycles. The van der Waals surface area contributed by atoms with Crippen molar-refractivity contribution in [2.45, 2.75) is 161 Å². The summed E-state index contributed by atoms with van der Waals surface area (Å²) < 4.78 is 11.0. The standard InChI is InChI=1S/C29H40O4.C25H34O3/c1-2-3-4-5-6-7-8-9-10-17-22-26(29(32)24-18-13-11-14-19-24)27(30)23-28(31)33-25-20-15-12-16-21-25;1-2-3-4-5-6-7-8-9-10-14-19-28-22-17-18-23(24(26)20-22)25(27)21-15-12-11-13-16-21/h11-16,18-21,26-27,30H,2-10,17,22-23H2,1H3;11-13,15-18,20,26H,2-10,14,19H2,1H3. The van der Waals surface area contributed by atoms with Gasteiger partial charge in [0.05, 0.1) is 24.7 Å². The van der Waals surface area contributed by atoms with Crippen molar-refractivity contribution < 1.29 is 34.1 Å². The molecule has 61 heavy (non-hydrogen) atoms. The number of carbonyl (C=O) groups is 3. The second-order valence-corrected chi connectivity index (χ2v) is 16.3. The molecule has 0 spiro atoms. The predicted molar refractivity (Wildman–Crippen MR) is 249 cm³/mol. The third kappa shape index (κ3) is 21.6. The Kier molecular flexibility index (Phi) is 26.6. The Morgan fingerprint density at radius 2 is 0.984 bits per heavy atom. The first kappa shape index (κ1) is 50.6. The maximum absolute atomic E-state index is 13.1. The van der Waals surface area contributed by atoms with Crippen molar-refractivity contribution in [3.05, 3.63) is 126 Å². The number of aliphatic hydroxyl groups excluding tert-OH is 1. The minimum Gasteiger partial charge on any atom is -0.507 e. The lowest BCUT2D eigenvalue weighted by molar-refractivity contribution is -0.137. The molecule has 2 N–H and O–H groups in total. The highest BCUT2D eigenvalue weighted by Gasteiger charge is 2.29. The van der Waals surface area contributed by atoms with Gasteiger partial charge in [-0.25, -0.2) is 0 Å². The molecule has 2 unspecified atom stereocenters. The number of hydrogen-bond acceptors (Lipinski definition) is 7. The van der Waals surface area contributed by atoms with Gasteiger partial charge < -0.3 is 19.7 Å². The minimum absolute atomic E-state index is 0.0329. The zero-order valence-corrected chi connectivity index (χ0v) is 37.2. The van der Waals surface area contributed by atoms with Crippen LogP contribution in [0.1, 0.15) is 181 Å². The maximum Gasteiger partial charge on any atom is 0.313 e. The van der Waals surface area contributed by atoms with Crippen molar-refractivity contribution in [1.29, 1.82) is 0 Å². The zero-order chi connectivity index (χ0) is 43.8. The first-order valence-electron chi connectivity index (χ1n) is 23.4. The van der Waals surface area contributed by atoms with Crippen molar-refractivity contribution >= 4 is 17.5 Å². The van der Waals surface area contributed by atoms with Crippen molar-refractivity contribution in [2.75, 3.05) is 6.61 Å². The maximum atomic E-state index is 13.1. The van der Waals surface area contributed by atoms with E-state index in [0.29, 0.717) is 41.2 Å². The summed E-state index contributed by atoms with van der Waals surface area (Å²) in [5, 5.41) is 21.0. The number of para-hydroxylation sites is 1. The summed E-state index contributed by atoms with van der Waals surface area (Å²) in [6.45, 7) is 5.13. The fraction of sp³-hybridized carbons (Fsp3) is 0.500. The molecule has 0 aromatic heterocycles. The smallest absolute Gasteiger partial charge is 0.313 e. The van der Waals surface area contributed by atoms with Gasteiger partial charge in [-0.1, -0.05) is 215 Å². The van der Waals surface area contributed by atoms with Crippen LogP contribution in [0.3, 0.4) is 0 Å². The Bertz CT molecular complexity index is 1740. The number of phenols is 1. The Balaban J connectivity index is 0.000000330. The number of unbranched alkanes of at least 4 members (excludes halogenated alkanes) is 18. The fourth-order valence-electron chi connectivity index (χ4n) is 7.46. The molecule has 4 rings (SSSR count). The number of ketones is 2. The molecule has 0 bridgehead atoms. The Labute approximate surface area is 367 Å². The van der Waals surface area contributed by atoms with Crippen molar-refractivity contribution in [1.82, 2.24) is 0 Å². The number of carbonyl (C=O) groups excluding carboxylic acids is 3. The average Bonchev–Trinajstić information content (AvgIpc) is 3.28. The number of phenolic OH excluding ortho intramolecular Hbond substituents is 1. The van der Waals surface area contributed by atoms with Crippen LogP contribution in [0.15, 0.2) is 109 Å². The van der Waals surface area contributed by atoms with Crippen LogP contribution in [0.5, 0.6) is 17.2 Å². The number of rotatable bonds is 31. The van der Waals surface area contributed by atoms with Crippen LogP contribution in [0.2, 0.25) is 0 Å². The van der Waals surface area contributed by atoms with E-state index in [1.54, 1.807) is 60.7 Å². The van der Waals surface area contributed by atoms with Crippen LogP contribution in [0.4, 0.5) is 0 Å². The molecular formula is C54H74O7. The van der Waals surface area contributed by atoms with Crippen LogP contribution in [0, 0.1) is 5.92 Å². The third-order valence-electron chi connectivity index (χ3n) is 11.1. The van der Waals surface area contributed by atoms with Crippen molar-refractivity contribution in [2.24, 2.45) is 5.92 Å². The molecule has 7 heteroatoms. The highest BCUT2D eigenvalue weighted by molar-refractivity contribution is 6.10. The average molecular weight is 835 g/mol. The van der Waals surface area contributed by atoms with E-state index < -0.39 is 18.0 Å². The Hall–Kier alpha value is -4.75. The second-order valence-electron chi connectivity index (χ2n) is 16.3. The number of hydrogen-bond donors (Lipinski definition) is 2. The molecule has 0 aliphatic rings. The molecule has 0 saturated carbocycles. The van der Waals surface area contributed by atoms with E-state index in [4.69, 9.17) is 9.47 Å². The van der Waals surface area contributed by atoms with E-state index in [1.165, 1.54) is 109 Å². The van der Waals surface area contributed by atoms with Crippen molar-refractivity contribution in [3.63, 3.8) is 0 Å². The van der Waals surface area contributed by atoms with E-state index >= 15 is 0 Å². The monoisotopic (exact) mass is 835 g/mol. The van der Waals surface area contributed by atoms with Gasteiger partial charge in [0.15, 0.2) is 11.6 Å². The molecule has 2 atom stereocenters. The molecule has 0 amide bonds. The number of ether oxygens (including phenoxy) is 2. The van der Waals surface area contributed by atoms with E-state index in [-0.39, 0.29) is 23.7 Å². The Morgan fingerprint density at radius 3 is 1.49 bits per heavy atom. The normalized spacial score (nSPS) is 11.9. The highest BCUT2D eigenvalue weighted by Crippen LogP contribution is 2.27. The lowest BCUT2D eigenvalue weighted by Crippen LogP contribution is -2.31. The number of esters is 1. The van der Waals surface area contributed by atoms with E-state index in [9.17, 15) is 24.6 Å². The summed E-state index contributed by atoms with van der Waals surface area (Å²) in [5.74, 6) is -0.402. The SMILES string of the molecule is CCCCCCCCCCCCC(C(=O)c1ccccc1)C(O)CC(=O)Oc1ccccc1.CCCCCCCCCCCCOc1ccc(C(=O)c2ccccc2)c(O)c1. The summed E-state index contributed by atoms with van der Waals surface area (Å²) in [4.78, 5) is 37.9. The summed E-state index contributed by atoms with van der Waals surface area (Å²) in [6.07, 6.45) is 24.3. The molecule has 0 aliphatic carbocycles. The van der Waals surface area contributed by atoms with Crippen LogP contribution in [0.25, 0.3) is 0 Å². The zero-order valence-electron chi connectivity index (χ0n) is 37.2. The summed E-state index contributed by atoms with van der Waals surface area (Å²) >= 11 is 0. The van der Waals surface area contributed by atoms with Crippen LogP contribution < -0.4 is 9.47 Å². The molecule has 0 radical (unpaired) electrons. The Morgan fingerprint density at radius 1 is 0.525 bits per heavy atom. The van der Waals surface area contributed by atoms with Crippen LogP contribution in [-0.4, -0.2) is 40.5 Å². The predicted octanol–water partition coefficient (Wildman–Crippen LogP) is 14.1. The molecule has 7 nitrogen and oxygen atoms in total.